The minimum Gasteiger partial charge on any atom is -0.331 e. The molecule has 1 aromatic carbocycles. The van der Waals surface area contributed by atoms with E-state index in [2.05, 4.69) is 51.3 Å². The largest absolute Gasteiger partial charge is 0.331 e. The zero-order valence-corrected chi connectivity index (χ0v) is 12.9. The van der Waals surface area contributed by atoms with E-state index in [-0.39, 0.29) is 0 Å². The van der Waals surface area contributed by atoms with E-state index < -0.39 is 0 Å². The predicted molar refractivity (Wildman–Crippen MR) is 82.1 cm³/mol. The second-order valence-electron chi connectivity index (χ2n) is 4.66. The SMILES string of the molecule is CCSNc1cc(Br)c2nc(C3CC3)n(C)c2c1. The highest BCUT2D eigenvalue weighted by Gasteiger charge is 2.29. The molecule has 5 heteroatoms. The zero-order valence-electron chi connectivity index (χ0n) is 10.5. The maximum absolute atomic E-state index is 4.78. The normalized spacial score (nSPS) is 15.3. The lowest BCUT2D eigenvalue weighted by molar-refractivity contribution is 0.820. The van der Waals surface area contributed by atoms with Crippen LogP contribution in [0.4, 0.5) is 5.69 Å². The first-order valence-corrected chi connectivity index (χ1v) is 8.02. The van der Waals surface area contributed by atoms with Crippen LogP contribution in [-0.2, 0) is 7.05 Å². The van der Waals surface area contributed by atoms with Crippen LogP contribution in [0.25, 0.3) is 11.0 Å². The highest BCUT2D eigenvalue weighted by Crippen LogP contribution is 2.41. The monoisotopic (exact) mass is 325 g/mol. The van der Waals surface area contributed by atoms with Crippen LogP contribution >= 0.6 is 27.9 Å². The molecule has 0 amide bonds. The van der Waals surface area contributed by atoms with Gasteiger partial charge in [0.2, 0.25) is 0 Å². The van der Waals surface area contributed by atoms with Crippen molar-refractivity contribution in [2.24, 2.45) is 7.05 Å². The standard InChI is InChI=1S/C13H16BrN3S/c1-3-18-16-9-6-10(14)12-11(7-9)17(2)13(15-12)8-4-5-8/h6-8,16H,3-5H2,1-2H3. The minimum absolute atomic E-state index is 0.677. The molecule has 0 atom stereocenters. The Bertz CT molecular complexity index is 589. The van der Waals surface area contributed by atoms with Crippen molar-refractivity contribution in [1.82, 2.24) is 9.55 Å². The number of hydrogen-bond donors (Lipinski definition) is 1. The summed E-state index contributed by atoms with van der Waals surface area (Å²) in [5.41, 5.74) is 3.41. The van der Waals surface area contributed by atoms with Crippen molar-refractivity contribution >= 4 is 44.6 Å². The summed E-state index contributed by atoms with van der Waals surface area (Å²) < 4.78 is 6.66. The van der Waals surface area contributed by atoms with Crippen LogP contribution in [0.3, 0.4) is 0 Å². The van der Waals surface area contributed by atoms with Crippen LogP contribution in [0.1, 0.15) is 31.5 Å². The van der Waals surface area contributed by atoms with E-state index in [9.17, 15) is 0 Å². The Labute approximate surface area is 120 Å². The Hall–Kier alpha value is -0.680. The third kappa shape index (κ3) is 2.14. The third-order valence-electron chi connectivity index (χ3n) is 3.25. The zero-order chi connectivity index (χ0) is 12.7. The van der Waals surface area contributed by atoms with Gasteiger partial charge in [-0.3, -0.25) is 0 Å². The molecule has 1 aromatic heterocycles. The molecule has 0 bridgehead atoms. The lowest BCUT2D eigenvalue weighted by Gasteiger charge is -2.06. The summed E-state index contributed by atoms with van der Waals surface area (Å²) >= 11 is 5.34. The molecule has 2 aromatic rings. The number of halogens is 1. The Morgan fingerprint density at radius 3 is 2.94 bits per heavy atom. The molecule has 1 N–H and O–H groups in total. The van der Waals surface area contributed by atoms with Crippen LogP contribution in [0.5, 0.6) is 0 Å². The summed E-state index contributed by atoms with van der Waals surface area (Å²) in [5.74, 6) is 2.95. The van der Waals surface area contributed by atoms with E-state index in [1.165, 1.54) is 24.2 Å². The summed E-state index contributed by atoms with van der Waals surface area (Å²) in [5, 5.41) is 0. The van der Waals surface area contributed by atoms with Crippen LogP contribution in [0.15, 0.2) is 16.6 Å². The van der Waals surface area contributed by atoms with Gasteiger partial charge in [-0.15, -0.1) is 0 Å². The number of fused-ring (bicyclic) bond motifs is 1. The molecule has 1 fully saturated rings. The van der Waals surface area contributed by atoms with Gasteiger partial charge in [0.1, 0.15) is 11.3 Å². The van der Waals surface area contributed by atoms with E-state index in [0.29, 0.717) is 5.92 Å². The van der Waals surface area contributed by atoms with Crippen LogP contribution in [-0.4, -0.2) is 15.3 Å². The molecule has 3 nitrogen and oxygen atoms in total. The van der Waals surface area contributed by atoms with Crippen molar-refractivity contribution in [2.45, 2.75) is 25.7 Å². The maximum Gasteiger partial charge on any atom is 0.112 e. The highest BCUT2D eigenvalue weighted by molar-refractivity contribution is 9.10. The average Bonchev–Trinajstić information content (AvgIpc) is 3.13. The van der Waals surface area contributed by atoms with E-state index in [1.807, 2.05) is 0 Å². The molecule has 96 valence electrons. The van der Waals surface area contributed by atoms with Crippen molar-refractivity contribution in [3.63, 3.8) is 0 Å². The summed E-state index contributed by atoms with van der Waals surface area (Å²) in [4.78, 5) is 4.78. The van der Waals surface area contributed by atoms with Gasteiger partial charge in [-0.2, -0.15) is 0 Å². The molecule has 1 aliphatic carbocycles. The van der Waals surface area contributed by atoms with Crippen molar-refractivity contribution in [3.8, 4) is 0 Å². The fraction of sp³-hybridized carbons (Fsp3) is 0.462. The molecular formula is C13H16BrN3S. The molecule has 0 spiro atoms. The molecule has 1 aliphatic rings. The number of rotatable bonds is 4. The molecule has 1 saturated carbocycles. The quantitative estimate of drug-likeness (QED) is 0.850. The highest BCUT2D eigenvalue weighted by atomic mass is 79.9. The molecule has 0 radical (unpaired) electrons. The predicted octanol–water partition coefficient (Wildman–Crippen LogP) is 4.29. The molecule has 0 saturated heterocycles. The fourth-order valence-corrected chi connectivity index (χ4v) is 3.15. The number of hydrogen-bond acceptors (Lipinski definition) is 3. The minimum atomic E-state index is 0.677. The molecule has 18 heavy (non-hydrogen) atoms. The Morgan fingerprint density at radius 2 is 2.28 bits per heavy atom. The second kappa shape index (κ2) is 4.78. The van der Waals surface area contributed by atoms with Gasteiger partial charge < -0.3 is 9.29 Å². The summed E-state index contributed by atoms with van der Waals surface area (Å²) in [6.07, 6.45) is 2.57. The first-order chi connectivity index (χ1) is 8.70. The van der Waals surface area contributed by atoms with Gasteiger partial charge >= 0.3 is 0 Å². The van der Waals surface area contributed by atoms with Crippen molar-refractivity contribution in [1.29, 1.82) is 0 Å². The smallest absolute Gasteiger partial charge is 0.112 e. The van der Waals surface area contributed by atoms with Gasteiger partial charge in [0.25, 0.3) is 0 Å². The van der Waals surface area contributed by atoms with E-state index in [1.54, 1.807) is 11.9 Å². The molecular weight excluding hydrogens is 310 g/mol. The van der Waals surface area contributed by atoms with Crippen LogP contribution in [0.2, 0.25) is 0 Å². The van der Waals surface area contributed by atoms with Gasteiger partial charge in [-0.1, -0.05) is 18.9 Å². The first kappa shape index (κ1) is 12.4. The van der Waals surface area contributed by atoms with Crippen molar-refractivity contribution in [2.75, 3.05) is 10.5 Å². The van der Waals surface area contributed by atoms with Gasteiger partial charge in [-0.05, 0) is 40.9 Å². The van der Waals surface area contributed by atoms with Gasteiger partial charge in [0.05, 0.1) is 5.52 Å². The lowest BCUT2D eigenvalue weighted by Crippen LogP contribution is -1.95. The second-order valence-corrected chi connectivity index (χ2v) is 6.59. The first-order valence-electron chi connectivity index (χ1n) is 6.24. The summed E-state index contributed by atoms with van der Waals surface area (Å²) in [6, 6.07) is 4.29. The summed E-state index contributed by atoms with van der Waals surface area (Å²) in [6.45, 7) is 2.14. The lowest BCUT2D eigenvalue weighted by atomic mass is 10.3. The Balaban J connectivity index is 2.07. The van der Waals surface area contributed by atoms with Crippen molar-refractivity contribution in [3.05, 3.63) is 22.4 Å². The van der Waals surface area contributed by atoms with Gasteiger partial charge in [0, 0.05) is 28.9 Å². The van der Waals surface area contributed by atoms with E-state index >= 15 is 0 Å². The van der Waals surface area contributed by atoms with Gasteiger partial charge in [0.15, 0.2) is 0 Å². The topological polar surface area (TPSA) is 29.9 Å². The average molecular weight is 326 g/mol. The molecule has 0 unspecified atom stereocenters. The van der Waals surface area contributed by atoms with E-state index in [0.717, 1.165) is 21.4 Å². The van der Waals surface area contributed by atoms with Crippen LogP contribution in [0, 0.1) is 0 Å². The number of anilines is 1. The summed E-state index contributed by atoms with van der Waals surface area (Å²) in [7, 11) is 2.12. The number of benzene rings is 1. The number of imidazole rings is 1. The number of aromatic nitrogens is 2. The number of nitrogens with zero attached hydrogens (tertiary/aromatic N) is 2. The Kier molecular flexibility index (Phi) is 3.28. The number of aryl methyl sites for hydroxylation is 1. The van der Waals surface area contributed by atoms with Crippen LogP contribution < -0.4 is 4.72 Å². The number of nitrogens with one attached hydrogen (secondary N) is 1. The Morgan fingerprint density at radius 1 is 1.50 bits per heavy atom. The molecule has 1 heterocycles. The van der Waals surface area contributed by atoms with Gasteiger partial charge in [-0.25, -0.2) is 4.98 Å². The maximum atomic E-state index is 4.78. The third-order valence-corrected chi connectivity index (χ3v) is 4.52. The molecule has 3 rings (SSSR count). The van der Waals surface area contributed by atoms with Crippen molar-refractivity contribution < 1.29 is 0 Å². The fourth-order valence-electron chi connectivity index (χ4n) is 2.18. The van der Waals surface area contributed by atoms with E-state index in [4.69, 9.17) is 4.98 Å². The molecule has 0 aliphatic heterocycles.